The third kappa shape index (κ3) is 1.49. The molecule has 0 aromatic carbocycles. The molecule has 5 nitrogen and oxygen atoms in total. The van der Waals surface area contributed by atoms with Crippen LogP contribution in [0.4, 0.5) is 0 Å². The summed E-state index contributed by atoms with van der Waals surface area (Å²) in [6.07, 6.45) is 1.90. The van der Waals surface area contributed by atoms with Crippen LogP contribution in [0.15, 0.2) is 11.6 Å². The van der Waals surface area contributed by atoms with Gasteiger partial charge in [0.05, 0.1) is 17.9 Å². The van der Waals surface area contributed by atoms with E-state index in [0.29, 0.717) is 0 Å². The van der Waals surface area contributed by atoms with Crippen molar-refractivity contribution in [1.29, 1.82) is 0 Å². The van der Waals surface area contributed by atoms with Gasteiger partial charge >= 0.3 is 5.97 Å². The molecule has 1 unspecified atom stereocenters. The normalized spacial score (nSPS) is 35.8. The zero-order valence-corrected chi connectivity index (χ0v) is 10.0. The van der Waals surface area contributed by atoms with E-state index in [1.54, 1.807) is 6.92 Å². The van der Waals surface area contributed by atoms with E-state index < -0.39 is 23.8 Å². The van der Waals surface area contributed by atoms with Crippen LogP contribution < -0.4 is 0 Å². The first-order valence-electron chi connectivity index (χ1n) is 5.61. The van der Waals surface area contributed by atoms with Crippen LogP contribution in [0, 0.1) is 17.8 Å². The number of carboxylic acid groups (broad SMARTS) is 1. The fraction of sp³-hybridized carbons (Fsp3) is 0.583. The van der Waals surface area contributed by atoms with Crippen LogP contribution >= 0.6 is 0 Å². The Balaban J connectivity index is 2.54. The monoisotopic (exact) mass is 237 g/mol. The smallest absolute Gasteiger partial charge is 0.309 e. The zero-order valence-electron chi connectivity index (χ0n) is 10.0. The quantitative estimate of drug-likeness (QED) is 0.680. The number of carbonyl (C=O) groups excluding carboxylic acids is 2. The lowest BCUT2D eigenvalue weighted by molar-refractivity contribution is -0.145. The maximum atomic E-state index is 12.1. The van der Waals surface area contributed by atoms with Gasteiger partial charge in [-0.15, -0.1) is 0 Å². The Labute approximate surface area is 99.1 Å². The molecule has 4 atom stereocenters. The molecule has 0 spiro atoms. The Hall–Kier alpha value is -1.65. The summed E-state index contributed by atoms with van der Waals surface area (Å²) in [6, 6.07) is -0.598. The molecular formula is C12H15NO4. The summed E-state index contributed by atoms with van der Waals surface area (Å²) < 4.78 is 0. The highest BCUT2D eigenvalue weighted by atomic mass is 16.4. The van der Waals surface area contributed by atoms with Gasteiger partial charge in [-0.1, -0.05) is 18.6 Å². The summed E-state index contributed by atoms with van der Waals surface area (Å²) >= 11 is 0. The molecule has 1 aliphatic heterocycles. The summed E-state index contributed by atoms with van der Waals surface area (Å²) in [4.78, 5) is 36.0. The topological polar surface area (TPSA) is 74.7 Å². The van der Waals surface area contributed by atoms with Crippen LogP contribution in [0.2, 0.25) is 0 Å². The zero-order chi connectivity index (χ0) is 12.9. The minimum Gasteiger partial charge on any atom is -0.481 e. The molecule has 1 aliphatic carbocycles. The Bertz CT molecular complexity index is 440. The van der Waals surface area contributed by atoms with Crippen LogP contribution in [0.5, 0.6) is 0 Å². The van der Waals surface area contributed by atoms with Crippen molar-refractivity contribution in [2.24, 2.45) is 17.8 Å². The molecule has 0 radical (unpaired) electrons. The number of fused-ring (bicyclic) bond motifs is 2. The van der Waals surface area contributed by atoms with Crippen molar-refractivity contribution in [3.63, 3.8) is 0 Å². The Morgan fingerprint density at radius 3 is 2.47 bits per heavy atom. The second kappa shape index (κ2) is 3.68. The van der Waals surface area contributed by atoms with Crippen LogP contribution in [-0.4, -0.2) is 33.8 Å². The highest BCUT2D eigenvalue weighted by Crippen LogP contribution is 2.44. The number of nitrogens with zero attached hydrogens (tertiary/aromatic N) is 1. The SMILES string of the molecule is CC(=O)N1C(=O)[C@H]2C(C(=O)O)[C@@H]1C(C)=C[C@H]2C. The number of hydrogen-bond acceptors (Lipinski definition) is 3. The molecule has 5 heteroatoms. The molecule has 1 heterocycles. The molecule has 2 aliphatic rings. The molecule has 1 N–H and O–H groups in total. The molecule has 2 rings (SSSR count). The second-order valence-electron chi connectivity index (χ2n) is 4.83. The number of hydrogen-bond donors (Lipinski definition) is 1. The number of carboxylic acids is 1. The number of carbonyl (C=O) groups is 3. The number of imide groups is 1. The molecule has 1 fully saturated rings. The third-order valence-electron chi connectivity index (χ3n) is 3.71. The predicted molar refractivity (Wildman–Crippen MR) is 58.9 cm³/mol. The molecule has 17 heavy (non-hydrogen) atoms. The lowest BCUT2D eigenvalue weighted by atomic mass is 9.74. The minimum atomic E-state index is -1.00. The van der Waals surface area contributed by atoms with Gasteiger partial charge in [-0.25, -0.2) is 0 Å². The van der Waals surface area contributed by atoms with E-state index in [2.05, 4.69) is 0 Å². The molecule has 1 saturated heterocycles. The fourth-order valence-corrected chi connectivity index (χ4v) is 3.10. The van der Waals surface area contributed by atoms with E-state index in [1.807, 2.05) is 13.0 Å². The Kier molecular flexibility index (Phi) is 2.56. The minimum absolute atomic E-state index is 0.135. The number of amides is 2. The van der Waals surface area contributed by atoms with Crippen LogP contribution in [-0.2, 0) is 14.4 Å². The van der Waals surface area contributed by atoms with Crippen molar-refractivity contribution in [2.45, 2.75) is 26.8 Å². The van der Waals surface area contributed by atoms with Gasteiger partial charge in [0.2, 0.25) is 11.8 Å². The first kappa shape index (κ1) is 11.8. The summed E-state index contributed by atoms with van der Waals surface area (Å²) in [5, 5.41) is 9.25. The van der Waals surface area contributed by atoms with Gasteiger partial charge in [-0.3, -0.25) is 19.3 Å². The van der Waals surface area contributed by atoms with E-state index in [9.17, 15) is 19.5 Å². The molecule has 0 aromatic heterocycles. The van der Waals surface area contributed by atoms with E-state index in [1.165, 1.54) is 6.92 Å². The fourth-order valence-electron chi connectivity index (χ4n) is 3.10. The van der Waals surface area contributed by atoms with Gasteiger partial charge in [0.25, 0.3) is 0 Å². The standard InChI is InChI=1S/C12H15NO4/c1-5-4-6(2)10-9(12(16)17)8(5)11(15)13(10)7(3)14/h4-5,8-10H,1-3H3,(H,16,17)/t5-,8-,9?,10+/m1/s1. The summed E-state index contributed by atoms with van der Waals surface area (Å²) in [6.45, 7) is 4.90. The average molecular weight is 237 g/mol. The van der Waals surface area contributed by atoms with Gasteiger partial charge in [0, 0.05) is 6.92 Å². The highest BCUT2D eigenvalue weighted by Gasteiger charge is 2.57. The lowest BCUT2D eigenvalue weighted by Gasteiger charge is -2.29. The van der Waals surface area contributed by atoms with Crippen LogP contribution in [0.3, 0.4) is 0 Å². The van der Waals surface area contributed by atoms with E-state index >= 15 is 0 Å². The largest absolute Gasteiger partial charge is 0.481 e. The maximum Gasteiger partial charge on any atom is 0.309 e. The number of rotatable bonds is 1. The first-order valence-corrected chi connectivity index (χ1v) is 5.61. The van der Waals surface area contributed by atoms with Gasteiger partial charge in [-0.05, 0) is 12.8 Å². The predicted octanol–water partition coefficient (Wildman–Crippen LogP) is 0.657. The van der Waals surface area contributed by atoms with Crippen LogP contribution in [0.25, 0.3) is 0 Å². The number of allylic oxidation sites excluding steroid dienone is 1. The second-order valence-corrected chi connectivity index (χ2v) is 4.83. The molecule has 92 valence electrons. The Morgan fingerprint density at radius 2 is 2.00 bits per heavy atom. The number of likely N-dealkylation sites (tertiary alicyclic amines) is 1. The third-order valence-corrected chi connectivity index (χ3v) is 3.71. The van der Waals surface area contributed by atoms with Crippen LogP contribution in [0.1, 0.15) is 20.8 Å². The van der Waals surface area contributed by atoms with E-state index in [4.69, 9.17) is 0 Å². The average Bonchev–Trinajstić information content (AvgIpc) is 2.46. The van der Waals surface area contributed by atoms with Crippen molar-refractivity contribution in [3.05, 3.63) is 11.6 Å². The molecule has 0 saturated carbocycles. The maximum absolute atomic E-state index is 12.1. The summed E-state index contributed by atoms with van der Waals surface area (Å²) in [5.41, 5.74) is 0.794. The Morgan fingerprint density at radius 1 is 1.41 bits per heavy atom. The van der Waals surface area contributed by atoms with Gasteiger partial charge in [0.15, 0.2) is 0 Å². The van der Waals surface area contributed by atoms with Crippen molar-refractivity contribution >= 4 is 17.8 Å². The van der Waals surface area contributed by atoms with Gasteiger partial charge in [0.1, 0.15) is 0 Å². The molecule has 2 amide bonds. The van der Waals surface area contributed by atoms with E-state index in [0.717, 1.165) is 10.5 Å². The molecule has 0 aromatic rings. The van der Waals surface area contributed by atoms with Crippen molar-refractivity contribution in [1.82, 2.24) is 4.90 Å². The van der Waals surface area contributed by atoms with Gasteiger partial charge in [-0.2, -0.15) is 0 Å². The number of aliphatic carboxylic acids is 1. The summed E-state index contributed by atoms with van der Waals surface area (Å²) in [5.74, 6) is -3.27. The van der Waals surface area contributed by atoms with Crippen molar-refractivity contribution in [2.75, 3.05) is 0 Å². The summed E-state index contributed by atoms with van der Waals surface area (Å²) in [7, 11) is 0. The molecular weight excluding hydrogens is 222 g/mol. The lowest BCUT2D eigenvalue weighted by Crippen LogP contribution is -2.41. The van der Waals surface area contributed by atoms with E-state index in [-0.39, 0.29) is 17.7 Å². The van der Waals surface area contributed by atoms with Crippen molar-refractivity contribution in [3.8, 4) is 0 Å². The molecule has 2 bridgehead atoms. The highest BCUT2D eigenvalue weighted by molar-refractivity contribution is 6.02. The van der Waals surface area contributed by atoms with Gasteiger partial charge < -0.3 is 5.11 Å². The first-order chi connectivity index (χ1) is 7.86. The van der Waals surface area contributed by atoms with Crippen molar-refractivity contribution < 1.29 is 19.5 Å².